The topological polar surface area (TPSA) is 55.5 Å². The number of hydrogen-bond acceptors (Lipinski definition) is 3. The fraction of sp³-hybridized carbons (Fsp3) is 1.00. The van der Waals surface area contributed by atoms with Gasteiger partial charge in [-0.15, -0.1) is 0 Å². The van der Waals surface area contributed by atoms with Crippen LogP contribution >= 0.6 is 0 Å². The van der Waals surface area contributed by atoms with Gasteiger partial charge in [-0.3, -0.25) is 0 Å². The highest BCUT2D eigenvalue weighted by atomic mass is 16.5. The lowest BCUT2D eigenvalue weighted by Gasteiger charge is -2.33. The van der Waals surface area contributed by atoms with Crippen LogP contribution in [0, 0.1) is 11.3 Å². The second kappa shape index (κ2) is 5.69. The molecule has 3 heteroatoms. The molecule has 0 fully saturated rings. The van der Waals surface area contributed by atoms with Crippen molar-refractivity contribution < 1.29 is 9.84 Å². The fourth-order valence-corrected chi connectivity index (χ4v) is 1.14. The summed E-state index contributed by atoms with van der Waals surface area (Å²) in [5, 5.41) is 9.17. The van der Waals surface area contributed by atoms with Crippen molar-refractivity contribution in [3.63, 3.8) is 0 Å². The zero-order valence-electron chi connectivity index (χ0n) is 10.1. The molecule has 2 atom stereocenters. The Hall–Kier alpha value is -0.120. The van der Waals surface area contributed by atoms with Crippen molar-refractivity contribution in [1.29, 1.82) is 0 Å². The van der Waals surface area contributed by atoms with Crippen LogP contribution in [0.5, 0.6) is 0 Å². The summed E-state index contributed by atoms with van der Waals surface area (Å²) in [6.45, 7) is 11.0. The van der Waals surface area contributed by atoms with Crippen LogP contribution in [0.15, 0.2) is 0 Å². The molecule has 0 saturated carbocycles. The predicted octanol–water partition coefficient (Wildman–Crippen LogP) is 1.39. The van der Waals surface area contributed by atoms with Crippen molar-refractivity contribution in [3.05, 3.63) is 0 Å². The number of rotatable bonds is 5. The maximum atomic E-state index is 9.17. The van der Waals surface area contributed by atoms with E-state index in [-0.39, 0.29) is 24.2 Å². The van der Waals surface area contributed by atoms with E-state index in [1.807, 2.05) is 0 Å². The van der Waals surface area contributed by atoms with Gasteiger partial charge in [0, 0.05) is 12.6 Å². The lowest BCUT2D eigenvalue weighted by molar-refractivity contribution is -0.0341. The molecule has 0 spiro atoms. The van der Waals surface area contributed by atoms with Crippen molar-refractivity contribution in [2.45, 2.75) is 46.8 Å². The van der Waals surface area contributed by atoms with E-state index in [0.717, 1.165) is 0 Å². The summed E-state index contributed by atoms with van der Waals surface area (Å²) in [4.78, 5) is 0. The molecule has 0 amide bonds. The van der Waals surface area contributed by atoms with Crippen LogP contribution in [0.4, 0.5) is 0 Å². The molecule has 86 valence electrons. The van der Waals surface area contributed by atoms with E-state index >= 15 is 0 Å². The van der Waals surface area contributed by atoms with Crippen LogP contribution in [-0.2, 0) is 4.74 Å². The summed E-state index contributed by atoms with van der Waals surface area (Å²) in [7, 11) is 0. The van der Waals surface area contributed by atoms with Crippen LogP contribution in [0.3, 0.4) is 0 Å². The zero-order valence-corrected chi connectivity index (χ0v) is 10.1. The van der Waals surface area contributed by atoms with Gasteiger partial charge in [-0.1, -0.05) is 34.6 Å². The van der Waals surface area contributed by atoms with E-state index in [9.17, 15) is 0 Å². The average Bonchev–Trinajstić information content (AvgIpc) is 2.03. The van der Waals surface area contributed by atoms with Crippen molar-refractivity contribution in [2.75, 3.05) is 13.2 Å². The first kappa shape index (κ1) is 13.9. The quantitative estimate of drug-likeness (QED) is 0.710. The number of aliphatic hydroxyl groups excluding tert-OH is 1. The van der Waals surface area contributed by atoms with Crippen LogP contribution in [-0.4, -0.2) is 30.5 Å². The SMILES string of the molecule is CC(C)COC(CO)C(N)C(C)(C)C. The molecule has 0 radical (unpaired) electrons. The van der Waals surface area contributed by atoms with Crippen molar-refractivity contribution >= 4 is 0 Å². The van der Waals surface area contributed by atoms with Gasteiger partial charge in [0.2, 0.25) is 0 Å². The molecule has 0 aromatic rings. The lowest BCUT2D eigenvalue weighted by atomic mass is 9.84. The summed E-state index contributed by atoms with van der Waals surface area (Å²) in [6.07, 6.45) is -0.252. The van der Waals surface area contributed by atoms with Crippen LogP contribution < -0.4 is 5.73 Å². The Bertz CT molecular complexity index is 152. The van der Waals surface area contributed by atoms with Gasteiger partial charge < -0.3 is 15.6 Å². The van der Waals surface area contributed by atoms with Gasteiger partial charge in [0.15, 0.2) is 0 Å². The summed E-state index contributed by atoms with van der Waals surface area (Å²) >= 11 is 0. The summed E-state index contributed by atoms with van der Waals surface area (Å²) in [5.41, 5.74) is 5.97. The molecule has 14 heavy (non-hydrogen) atoms. The van der Waals surface area contributed by atoms with E-state index in [1.165, 1.54) is 0 Å². The second-order valence-electron chi connectivity index (χ2n) is 5.34. The van der Waals surface area contributed by atoms with E-state index in [0.29, 0.717) is 12.5 Å². The highest BCUT2D eigenvalue weighted by Crippen LogP contribution is 2.21. The van der Waals surface area contributed by atoms with Crippen molar-refractivity contribution in [2.24, 2.45) is 17.1 Å². The molecule has 3 nitrogen and oxygen atoms in total. The Morgan fingerprint density at radius 1 is 1.29 bits per heavy atom. The third-order valence-electron chi connectivity index (χ3n) is 2.22. The largest absolute Gasteiger partial charge is 0.394 e. The molecule has 0 bridgehead atoms. The molecular weight excluding hydrogens is 178 g/mol. The Kier molecular flexibility index (Phi) is 5.64. The molecule has 0 aliphatic heterocycles. The predicted molar refractivity (Wildman–Crippen MR) is 59.1 cm³/mol. The standard InChI is InChI=1S/C11H25NO2/c1-8(2)7-14-9(6-13)10(12)11(3,4)5/h8-10,13H,6-7,12H2,1-5H3. The van der Waals surface area contributed by atoms with E-state index in [1.54, 1.807) is 0 Å². The summed E-state index contributed by atoms with van der Waals surface area (Å²) < 4.78 is 5.57. The molecule has 0 saturated heterocycles. The molecule has 0 aromatic carbocycles. The molecule has 0 rings (SSSR count). The highest BCUT2D eigenvalue weighted by molar-refractivity contribution is 4.84. The van der Waals surface area contributed by atoms with Gasteiger partial charge >= 0.3 is 0 Å². The number of nitrogens with two attached hydrogens (primary N) is 1. The third kappa shape index (κ3) is 4.94. The van der Waals surface area contributed by atoms with Crippen molar-refractivity contribution in [1.82, 2.24) is 0 Å². The first-order valence-corrected chi connectivity index (χ1v) is 5.27. The van der Waals surface area contributed by atoms with E-state index in [2.05, 4.69) is 34.6 Å². The first-order valence-electron chi connectivity index (χ1n) is 5.27. The maximum Gasteiger partial charge on any atom is 0.0961 e. The minimum atomic E-state index is -0.252. The normalized spacial score (nSPS) is 17.1. The molecule has 0 aliphatic carbocycles. The highest BCUT2D eigenvalue weighted by Gasteiger charge is 2.29. The van der Waals surface area contributed by atoms with E-state index < -0.39 is 0 Å². The van der Waals surface area contributed by atoms with Gasteiger partial charge in [-0.05, 0) is 11.3 Å². The number of aliphatic hydroxyl groups is 1. The Morgan fingerprint density at radius 3 is 2.07 bits per heavy atom. The zero-order chi connectivity index (χ0) is 11.4. The molecule has 0 aromatic heterocycles. The Balaban J connectivity index is 4.13. The van der Waals surface area contributed by atoms with Crippen LogP contribution in [0.1, 0.15) is 34.6 Å². The molecule has 2 unspecified atom stereocenters. The molecule has 0 aliphatic rings. The van der Waals surface area contributed by atoms with Gasteiger partial charge in [0.05, 0.1) is 12.7 Å². The fourth-order valence-electron chi connectivity index (χ4n) is 1.14. The maximum absolute atomic E-state index is 9.17. The van der Waals surface area contributed by atoms with Crippen LogP contribution in [0.2, 0.25) is 0 Å². The molecular formula is C11H25NO2. The summed E-state index contributed by atoms with van der Waals surface area (Å²) in [5.74, 6) is 0.469. The lowest BCUT2D eigenvalue weighted by Crippen LogP contribution is -2.48. The summed E-state index contributed by atoms with van der Waals surface area (Å²) in [6, 6.07) is -0.133. The van der Waals surface area contributed by atoms with Gasteiger partial charge in [-0.2, -0.15) is 0 Å². The minimum Gasteiger partial charge on any atom is -0.394 e. The smallest absolute Gasteiger partial charge is 0.0961 e. The van der Waals surface area contributed by atoms with Gasteiger partial charge in [-0.25, -0.2) is 0 Å². The number of hydrogen-bond donors (Lipinski definition) is 2. The monoisotopic (exact) mass is 203 g/mol. The van der Waals surface area contributed by atoms with Crippen LogP contribution in [0.25, 0.3) is 0 Å². The molecule has 3 N–H and O–H groups in total. The average molecular weight is 203 g/mol. The minimum absolute atomic E-state index is 0.00877. The molecule has 0 heterocycles. The van der Waals surface area contributed by atoms with E-state index in [4.69, 9.17) is 15.6 Å². The Morgan fingerprint density at radius 2 is 1.79 bits per heavy atom. The second-order valence-corrected chi connectivity index (χ2v) is 5.34. The van der Waals surface area contributed by atoms with Gasteiger partial charge in [0.25, 0.3) is 0 Å². The van der Waals surface area contributed by atoms with Crippen molar-refractivity contribution in [3.8, 4) is 0 Å². The number of ether oxygens (including phenoxy) is 1. The third-order valence-corrected chi connectivity index (χ3v) is 2.22. The Labute approximate surface area is 87.6 Å². The first-order chi connectivity index (χ1) is 6.29. The van der Waals surface area contributed by atoms with Gasteiger partial charge in [0.1, 0.15) is 0 Å².